The maximum atomic E-state index is 13.0. The van der Waals surface area contributed by atoms with E-state index >= 15 is 0 Å². The molecule has 1 aliphatic rings. The third kappa shape index (κ3) is 5.46. The lowest BCUT2D eigenvalue weighted by atomic mass is 9.86. The molecule has 0 aliphatic carbocycles. The van der Waals surface area contributed by atoms with E-state index in [2.05, 4.69) is 20.6 Å². The van der Waals surface area contributed by atoms with Gasteiger partial charge in [-0.3, -0.25) is 9.59 Å². The monoisotopic (exact) mass is 468 g/mol. The number of anilines is 1. The van der Waals surface area contributed by atoms with Crippen molar-refractivity contribution in [3.05, 3.63) is 58.6 Å². The van der Waals surface area contributed by atoms with Gasteiger partial charge >= 0.3 is 0 Å². The molecule has 9 heteroatoms. The summed E-state index contributed by atoms with van der Waals surface area (Å²) in [5.41, 5.74) is 8.77. The summed E-state index contributed by atoms with van der Waals surface area (Å²) in [5.74, 6) is 0.464. The normalized spacial score (nSPS) is 15.4. The number of aryl methyl sites for hydroxylation is 1. The second-order valence-corrected chi connectivity index (χ2v) is 9.05. The summed E-state index contributed by atoms with van der Waals surface area (Å²) in [4.78, 5) is 34.7. The molecule has 0 spiro atoms. The smallest absolute Gasteiger partial charge is 0.236 e. The Labute approximate surface area is 197 Å². The van der Waals surface area contributed by atoms with Crippen LogP contribution in [-0.4, -0.2) is 58.4 Å². The molecule has 4 rings (SSSR count). The second kappa shape index (κ2) is 9.80. The molecule has 33 heavy (non-hydrogen) atoms. The Morgan fingerprint density at radius 3 is 2.70 bits per heavy atom. The van der Waals surface area contributed by atoms with Gasteiger partial charge in [0.25, 0.3) is 0 Å². The molecule has 0 unspecified atom stereocenters. The fourth-order valence-corrected chi connectivity index (χ4v) is 4.48. The molecule has 5 N–H and O–H groups in total. The van der Waals surface area contributed by atoms with E-state index in [1.807, 2.05) is 43.3 Å². The largest absolute Gasteiger partial charge is 0.353 e. The number of hydrogen-bond donors (Lipinski definition) is 4. The molecule has 2 heterocycles. The van der Waals surface area contributed by atoms with Crippen LogP contribution in [0.1, 0.15) is 24.0 Å². The first-order valence-corrected chi connectivity index (χ1v) is 11.5. The number of piperidine rings is 1. The highest BCUT2D eigenvalue weighted by atomic mass is 35.5. The minimum Gasteiger partial charge on any atom is -0.353 e. The zero-order chi connectivity index (χ0) is 23.4. The molecule has 1 aromatic heterocycles. The zero-order valence-electron chi connectivity index (χ0n) is 18.7. The number of aromatic amines is 1. The number of carbonyl (C=O) groups excluding carboxylic acids is 2. The van der Waals surface area contributed by atoms with Crippen molar-refractivity contribution in [2.75, 3.05) is 31.5 Å². The van der Waals surface area contributed by atoms with Crippen LogP contribution in [-0.2, 0) is 16.0 Å². The molecule has 2 aromatic carbocycles. The lowest BCUT2D eigenvalue weighted by molar-refractivity contribution is -0.131. The van der Waals surface area contributed by atoms with Crippen LogP contribution in [0, 0.1) is 6.92 Å². The molecular formula is C24H29ClN6O2. The third-order valence-corrected chi connectivity index (χ3v) is 6.56. The maximum Gasteiger partial charge on any atom is 0.236 e. The number of fused-ring (bicyclic) bond motifs is 1. The Kier molecular flexibility index (Phi) is 6.85. The minimum absolute atomic E-state index is 0.0114. The van der Waals surface area contributed by atoms with Gasteiger partial charge < -0.3 is 26.3 Å². The van der Waals surface area contributed by atoms with Gasteiger partial charge in [-0.05, 0) is 49.1 Å². The van der Waals surface area contributed by atoms with Crippen molar-refractivity contribution in [3.63, 3.8) is 0 Å². The molecule has 0 atom stereocenters. The van der Waals surface area contributed by atoms with Crippen molar-refractivity contribution < 1.29 is 9.59 Å². The van der Waals surface area contributed by atoms with Crippen LogP contribution < -0.4 is 16.4 Å². The molecule has 1 saturated heterocycles. The van der Waals surface area contributed by atoms with Gasteiger partial charge in [0.05, 0.1) is 29.5 Å². The Bertz CT molecular complexity index is 1150. The third-order valence-electron chi connectivity index (χ3n) is 6.19. The lowest BCUT2D eigenvalue weighted by Crippen LogP contribution is -2.60. The molecule has 0 bridgehead atoms. The number of imidazole rings is 1. The van der Waals surface area contributed by atoms with Crippen LogP contribution in [0.4, 0.5) is 5.95 Å². The summed E-state index contributed by atoms with van der Waals surface area (Å²) in [6.07, 6.45) is 1.41. The highest BCUT2D eigenvalue weighted by Gasteiger charge is 2.37. The van der Waals surface area contributed by atoms with Crippen LogP contribution >= 0.6 is 11.6 Å². The number of benzene rings is 2. The quantitative estimate of drug-likeness (QED) is 0.425. The van der Waals surface area contributed by atoms with Crippen LogP contribution in [0.25, 0.3) is 11.0 Å². The standard InChI is InChI=1S/C24H29ClN6O2/c1-16-6-7-19-20(12-16)29-23(28-19)27-15-24(8-10-31(11-9-24)22(33)14-26)30-21(32)13-17-4-2-3-5-18(17)25/h2-7,12H,8-11,13-15,26H2,1H3,(H,30,32)(H2,27,28,29). The molecule has 174 valence electrons. The highest BCUT2D eigenvalue weighted by Crippen LogP contribution is 2.25. The fourth-order valence-electron chi connectivity index (χ4n) is 4.27. The fraction of sp³-hybridized carbons (Fsp3) is 0.375. The van der Waals surface area contributed by atoms with Crippen molar-refractivity contribution in [1.29, 1.82) is 0 Å². The number of nitrogens with two attached hydrogens (primary N) is 1. The number of nitrogens with one attached hydrogen (secondary N) is 3. The number of aromatic nitrogens is 2. The highest BCUT2D eigenvalue weighted by molar-refractivity contribution is 6.31. The van der Waals surface area contributed by atoms with Gasteiger partial charge in [-0.15, -0.1) is 0 Å². The first-order valence-electron chi connectivity index (χ1n) is 11.1. The van der Waals surface area contributed by atoms with Gasteiger partial charge in [-0.2, -0.15) is 0 Å². The Hall–Kier alpha value is -3.10. The van der Waals surface area contributed by atoms with E-state index in [1.165, 1.54) is 0 Å². The van der Waals surface area contributed by atoms with E-state index in [0.29, 0.717) is 43.4 Å². The summed E-state index contributed by atoms with van der Waals surface area (Å²) < 4.78 is 0. The predicted molar refractivity (Wildman–Crippen MR) is 130 cm³/mol. The number of H-pyrrole nitrogens is 1. The average Bonchev–Trinajstić information content (AvgIpc) is 3.21. The Morgan fingerprint density at radius 2 is 1.97 bits per heavy atom. The van der Waals surface area contributed by atoms with E-state index in [-0.39, 0.29) is 24.8 Å². The molecular weight excluding hydrogens is 440 g/mol. The minimum atomic E-state index is -0.529. The van der Waals surface area contributed by atoms with E-state index in [9.17, 15) is 9.59 Å². The number of rotatable bonds is 7. The molecule has 2 amide bonds. The number of likely N-dealkylation sites (tertiary alicyclic amines) is 1. The zero-order valence-corrected chi connectivity index (χ0v) is 19.4. The van der Waals surface area contributed by atoms with Crippen molar-refractivity contribution >= 4 is 40.4 Å². The van der Waals surface area contributed by atoms with Crippen molar-refractivity contribution in [2.45, 2.75) is 31.7 Å². The van der Waals surface area contributed by atoms with Crippen molar-refractivity contribution in [1.82, 2.24) is 20.2 Å². The molecule has 8 nitrogen and oxygen atoms in total. The van der Waals surface area contributed by atoms with Gasteiger partial charge in [0.15, 0.2) is 0 Å². The molecule has 0 radical (unpaired) electrons. The predicted octanol–water partition coefficient (Wildman–Crippen LogP) is 2.62. The molecule has 0 saturated carbocycles. The summed E-state index contributed by atoms with van der Waals surface area (Å²) in [6, 6.07) is 13.4. The van der Waals surface area contributed by atoms with E-state index in [0.717, 1.165) is 22.2 Å². The van der Waals surface area contributed by atoms with E-state index in [4.69, 9.17) is 17.3 Å². The first-order chi connectivity index (χ1) is 15.9. The molecule has 1 fully saturated rings. The summed E-state index contributed by atoms with van der Waals surface area (Å²) >= 11 is 6.25. The van der Waals surface area contributed by atoms with Crippen LogP contribution in [0.2, 0.25) is 5.02 Å². The number of halogens is 1. The van der Waals surface area contributed by atoms with Crippen LogP contribution in [0.3, 0.4) is 0 Å². The SMILES string of the molecule is Cc1ccc2nc(NCC3(NC(=O)Cc4ccccc4Cl)CCN(C(=O)CN)CC3)[nH]c2c1. The topological polar surface area (TPSA) is 116 Å². The lowest BCUT2D eigenvalue weighted by Gasteiger charge is -2.42. The van der Waals surface area contributed by atoms with Gasteiger partial charge in [-0.1, -0.05) is 35.9 Å². The summed E-state index contributed by atoms with van der Waals surface area (Å²) in [5, 5.41) is 7.17. The average molecular weight is 469 g/mol. The molecule has 3 aromatic rings. The summed E-state index contributed by atoms with van der Waals surface area (Å²) in [6.45, 7) is 3.56. The van der Waals surface area contributed by atoms with E-state index in [1.54, 1.807) is 11.0 Å². The van der Waals surface area contributed by atoms with Crippen LogP contribution in [0.15, 0.2) is 42.5 Å². The van der Waals surface area contributed by atoms with Crippen LogP contribution in [0.5, 0.6) is 0 Å². The number of nitrogens with zero attached hydrogens (tertiary/aromatic N) is 2. The Balaban J connectivity index is 1.49. The number of amides is 2. The van der Waals surface area contributed by atoms with Gasteiger partial charge in [0, 0.05) is 24.7 Å². The number of carbonyl (C=O) groups is 2. The van der Waals surface area contributed by atoms with Crippen molar-refractivity contribution in [3.8, 4) is 0 Å². The van der Waals surface area contributed by atoms with Crippen molar-refractivity contribution in [2.24, 2.45) is 5.73 Å². The van der Waals surface area contributed by atoms with Gasteiger partial charge in [-0.25, -0.2) is 4.98 Å². The van der Waals surface area contributed by atoms with E-state index < -0.39 is 5.54 Å². The summed E-state index contributed by atoms with van der Waals surface area (Å²) in [7, 11) is 0. The number of hydrogen-bond acceptors (Lipinski definition) is 5. The van der Waals surface area contributed by atoms with Gasteiger partial charge in [0.2, 0.25) is 17.8 Å². The second-order valence-electron chi connectivity index (χ2n) is 8.64. The molecule has 1 aliphatic heterocycles. The Morgan fingerprint density at radius 1 is 1.21 bits per heavy atom. The maximum absolute atomic E-state index is 13.0. The van der Waals surface area contributed by atoms with Gasteiger partial charge in [0.1, 0.15) is 0 Å². The first kappa shape index (κ1) is 23.1.